The van der Waals surface area contributed by atoms with Crippen molar-refractivity contribution in [2.24, 2.45) is 0 Å². The van der Waals surface area contributed by atoms with Gasteiger partial charge in [0.05, 0.1) is 21.3 Å². The van der Waals surface area contributed by atoms with Crippen LogP contribution in [0.15, 0.2) is 66.7 Å². The zero-order valence-corrected chi connectivity index (χ0v) is 23.5. The molecule has 7 nitrogen and oxygen atoms in total. The van der Waals surface area contributed by atoms with Crippen molar-refractivity contribution >= 4 is 11.8 Å². The summed E-state index contributed by atoms with van der Waals surface area (Å²) in [6, 6.07) is 21.2. The highest BCUT2D eigenvalue weighted by molar-refractivity contribution is 5.96. The molecular weight excluding hydrogens is 492 g/mol. The first-order valence-corrected chi connectivity index (χ1v) is 13.4. The van der Waals surface area contributed by atoms with Crippen LogP contribution in [0.1, 0.15) is 30.9 Å². The normalized spacial score (nSPS) is 17.4. The predicted octanol–water partition coefficient (Wildman–Crippen LogP) is 5.00. The first-order valence-electron chi connectivity index (χ1n) is 13.4. The summed E-state index contributed by atoms with van der Waals surface area (Å²) in [4.78, 5) is 30.0. The van der Waals surface area contributed by atoms with Crippen LogP contribution in [-0.4, -0.2) is 68.6 Å². The van der Waals surface area contributed by atoms with Crippen LogP contribution in [0.25, 0.3) is 11.1 Å². The molecule has 1 aliphatic heterocycles. The van der Waals surface area contributed by atoms with E-state index < -0.39 is 12.1 Å². The molecular formula is C32H38N2O5. The smallest absolute Gasteiger partial charge is 0.246 e. The Morgan fingerprint density at radius 3 is 1.97 bits per heavy atom. The predicted molar refractivity (Wildman–Crippen MR) is 152 cm³/mol. The van der Waals surface area contributed by atoms with Gasteiger partial charge in [-0.05, 0) is 60.6 Å². The van der Waals surface area contributed by atoms with Crippen LogP contribution in [0.3, 0.4) is 0 Å². The van der Waals surface area contributed by atoms with E-state index >= 15 is 0 Å². The first-order chi connectivity index (χ1) is 18.9. The average Bonchev–Trinajstić information content (AvgIpc) is 2.97. The second kappa shape index (κ2) is 12.7. The Kier molecular flexibility index (Phi) is 9.12. The number of piperazine rings is 1. The van der Waals surface area contributed by atoms with Crippen molar-refractivity contribution < 1.29 is 23.8 Å². The molecule has 0 aromatic heterocycles. The van der Waals surface area contributed by atoms with Gasteiger partial charge in [0.1, 0.15) is 12.1 Å². The van der Waals surface area contributed by atoms with Crippen molar-refractivity contribution in [1.82, 2.24) is 9.80 Å². The third kappa shape index (κ3) is 6.19. The number of likely N-dealkylation sites (N-methyl/N-ethyl adjacent to an activating group) is 1. The third-order valence-corrected chi connectivity index (χ3v) is 7.55. The lowest BCUT2D eigenvalue weighted by atomic mass is 9.96. The van der Waals surface area contributed by atoms with Gasteiger partial charge < -0.3 is 24.0 Å². The van der Waals surface area contributed by atoms with Crippen molar-refractivity contribution in [1.29, 1.82) is 0 Å². The molecule has 4 rings (SSSR count). The Hall–Kier alpha value is -4.00. The van der Waals surface area contributed by atoms with Crippen LogP contribution in [0.2, 0.25) is 0 Å². The molecule has 0 aliphatic carbocycles. The fourth-order valence-electron chi connectivity index (χ4n) is 5.22. The van der Waals surface area contributed by atoms with Crippen LogP contribution in [-0.2, 0) is 22.4 Å². The van der Waals surface area contributed by atoms with Gasteiger partial charge in [-0.3, -0.25) is 9.59 Å². The summed E-state index contributed by atoms with van der Waals surface area (Å²) in [5, 5.41) is 0. The lowest BCUT2D eigenvalue weighted by molar-refractivity contribution is -0.159. The molecule has 3 aromatic rings. The monoisotopic (exact) mass is 530 g/mol. The molecule has 2 atom stereocenters. The maximum atomic E-state index is 13.5. The summed E-state index contributed by atoms with van der Waals surface area (Å²) in [5.41, 5.74) is 4.18. The molecule has 7 heteroatoms. The minimum Gasteiger partial charge on any atom is -0.493 e. The molecule has 0 spiro atoms. The van der Waals surface area contributed by atoms with Crippen LogP contribution < -0.4 is 14.2 Å². The van der Waals surface area contributed by atoms with Crippen molar-refractivity contribution in [3.05, 3.63) is 77.9 Å². The number of amides is 2. The zero-order chi connectivity index (χ0) is 27.9. The summed E-state index contributed by atoms with van der Waals surface area (Å²) in [7, 11) is 6.50. The lowest BCUT2D eigenvalue weighted by Gasteiger charge is -2.42. The molecule has 1 saturated heterocycles. The minimum atomic E-state index is -0.519. The number of carbonyl (C=O) groups excluding carboxylic acids is 2. The first kappa shape index (κ1) is 28.0. The van der Waals surface area contributed by atoms with E-state index in [1.54, 1.807) is 38.2 Å². The molecule has 1 unspecified atom stereocenters. The van der Waals surface area contributed by atoms with Crippen LogP contribution >= 0.6 is 0 Å². The molecule has 0 saturated carbocycles. The molecule has 0 radical (unpaired) electrons. The number of carbonyl (C=O) groups is 2. The number of unbranched alkanes of at least 4 members (excludes halogenated alkanes) is 1. The number of hydrogen-bond donors (Lipinski definition) is 0. The topological polar surface area (TPSA) is 68.3 Å². The van der Waals surface area contributed by atoms with E-state index in [1.165, 1.54) is 5.56 Å². The molecule has 1 heterocycles. The maximum Gasteiger partial charge on any atom is 0.246 e. The summed E-state index contributed by atoms with van der Waals surface area (Å²) < 4.78 is 16.4. The molecule has 0 bridgehead atoms. The summed E-state index contributed by atoms with van der Waals surface area (Å²) in [6.45, 7) is 2.42. The number of ether oxygens (including phenoxy) is 3. The van der Waals surface area contributed by atoms with E-state index in [1.807, 2.05) is 61.5 Å². The van der Waals surface area contributed by atoms with Crippen molar-refractivity contribution in [3.8, 4) is 28.4 Å². The number of methoxy groups -OCH3 is 3. The Morgan fingerprint density at radius 1 is 0.744 bits per heavy atom. The van der Waals surface area contributed by atoms with E-state index in [0.29, 0.717) is 30.2 Å². The largest absolute Gasteiger partial charge is 0.493 e. The fourth-order valence-corrected chi connectivity index (χ4v) is 5.22. The molecule has 0 N–H and O–H groups in total. The summed E-state index contributed by atoms with van der Waals surface area (Å²) in [5.74, 6) is 1.71. The van der Waals surface area contributed by atoms with Gasteiger partial charge in [0, 0.05) is 20.0 Å². The molecule has 1 fully saturated rings. The summed E-state index contributed by atoms with van der Waals surface area (Å²) in [6.07, 6.45) is 3.26. The van der Waals surface area contributed by atoms with Crippen LogP contribution in [0.4, 0.5) is 0 Å². The van der Waals surface area contributed by atoms with E-state index in [2.05, 4.69) is 12.1 Å². The number of aryl methyl sites for hydroxylation is 1. The van der Waals surface area contributed by atoms with E-state index in [9.17, 15) is 9.59 Å². The zero-order valence-electron chi connectivity index (χ0n) is 23.5. The van der Waals surface area contributed by atoms with E-state index in [-0.39, 0.29) is 11.8 Å². The van der Waals surface area contributed by atoms with Crippen LogP contribution in [0.5, 0.6) is 17.2 Å². The SMILES string of the molecule is COc1cc(-c2ccc(CC3C(=O)N(CCCCc4ccccc4)[C@@H](C)C(=O)N3C)cc2)cc(OC)c1OC. The molecule has 2 amide bonds. The highest BCUT2D eigenvalue weighted by Gasteiger charge is 2.41. The number of nitrogens with zero attached hydrogens (tertiary/aromatic N) is 2. The number of rotatable bonds is 11. The van der Waals surface area contributed by atoms with E-state index in [0.717, 1.165) is 36.0 Å². The number of benzene rings is 3. The fraction of sp³-hybridized carbons (Fsp3) is 0.375. The molecule has 39 heavy (non-hydrogen) atoms. The minimum absolute atomic E-state index is 0.0121. The van der Waals surface area contributed by atoms with Gasteiger partial charge in [-0.1, -0.05) is 54.6 Å². The van der Waals surface area contributed by atoms with Gasteiger partial charge in [-0.15, -0.1) is 0 Å². The van der Waals surface area contributed by atoms with Gasteiger partial charge in [0.2, 0.25) is 17.6 Å². The lowest BCUT2D eigenvalue weighted by Crippen LogP contribution is -2.63. The quantitative estimate of drug-likeness (QED) is 0.326. The van der Waals surface area contributed by atoms with E-state index in [4.69, 9.17) is 14.2 Å². The maximum absolute atomic E-state index is 13.5. The Bertz CT molecular complexity index is 1250. The Morgan fingerprint density at radius 2 is 1.38 bits per heavy atom. The van der Waals surface area contributed by atoms with Crippen molar-refractivity contribution in [2.45, 2.75) is 44.7 Å². The molecule has 3 aromatic carbocycles. The Balaban J connectivity index is 1.44. The molecule has 206 valence electrons. The number of hydrogen-bond acceptors (Lipinski definition) is 5. The Labute approximate surface area is 231 Å². The van der Waals surface area contributed by atoms with Crippen molar-refractivity contribution in [2.75, 3.05) is 34.9 Å². The average molecular weight is 531 g/mol. The van der Waals surface area contributed by atoms with Crippen LogP contribution in [0, 0.1) is 0 Å². The second-order valence-electron chi connectivity index (χ2n) is 9.93. The van der Waals surface area contributed by atoms with Gasteiger partial charge >= 0.3 is 0 Å². The molecule has 1 aliphatic rings. The van der Waals surface area contributed by atoms with Gasteiger partial charge in [0.25, 0.3) is 0 Å². The standard InChI is InChI=1S/C32H38N2O5/c1-22-31(35)33(2)27(32(36)34(22)18-10-9-13-23-11-7-6-8-12-23)19-24-14-16-25(17-15-24)26-20-28(37-3)30(39-5)29(21-26)38-4/h6-8,11-12,14-17,20-22,27H,9-10,13,18-19H2,1-5H3/t22-,27?/m0/s1. The van der Waals surface area contributed by atoms with Crippen molar-refractivity contribution in [3.63, 3.8) is 0 Å². The van der Waals surface area contributed by atoms with Gasteiger partial charge in [-0.2, -0.15) is 0 Å². The van der Waals surface area contributed by atoms with Gasteiger partial charge in [0.15, 0.2) is 11.5 Å². The van der Waals surface area contributed by atoms with Gasteiger partial charge in [-0.25, -0.2) is 0 Å². The summed E-state index contributed by atoms with van der Waals surface area (Å²) >= 11 is 0. The third-order valence-electron chi connectivity index (χ3n) is 7.55. The highest BCUT2D eigenvalue weighted by Crippen LogP contribution is 2.41. The second-order valence-corrected chi connectivity index (χ2v) is 9.93. The highest BCUT2D eigenvalue weighted by atomic mass is 16.5.